The largest absolute Gasteiger partial charge is 0.416 e. The van der Waals surface area contributed by atoms with Crippen molar-refractivity contribution in [1.82, 2.24) is 9.88 Å². The molecule has 0 atom stereocenters. The van der Waals surface area contributed by atoms with Gasteiger partial charge in [-0.25, -0.2) is 0 Å². The van der Waals surface area contributed by atoms with Crippen LogP contribution in [0.1, 0.15) is 46.5 Å². The summed E-state index contributed by atoms with van der Waals surface area (Å²) in [7, 11) is 1.60. The molecule has 0 fully saturated rings. The number of H-pyrrole nitrogens is 1. The molecule has 4 nitrogen and oxygen atoms in total. The quantitative estimate of drug-likeness (QED) is 0.235. The van der Waals surface area contributed by atoms with E-state index in [1.165, 1.54) is 6.07 Å². The first-order chi connectivity index (χ1) is 17.9. The molecule has 4 aromatic rings. The van der Waals surface area contributed by atoms with Crippen LogP contribution in [0.4, 0.5) is 13.2 Å². The third-order valence-corrected chi connectivity index (χ3v) is 7.16. The van der Waals surface area contributed by atoms with Crippen molar-refractivity contribution in [3.05, 3.63) is 105 Å². The van der Waals surface area contributed by atoms with Gasteiger partial charge in [0.25, 0.3) is 5.91 Å². The van der Waals surface area contributed by atoms with Gasteiger partial charge in [-0.1, -0.05) is 53.5 Å². The number of halogens is 5. The lowest BCUT2D eigenvalue weighted by atomic mass is 9.96. The van der Waals surface area contributed by atoms with Crippen LogP contribution in [-0.2, 0) is 29.5 Å². The number of amides is 1. The molecule has 200 valence electrons. The molecule has 4 rings (SSSR count). The molecule has 0 radical (unpaired) electrons. The third-order valence-electron chi connectivity index (χ3n) is 6.63. The van der Waals surface area contributed by atoms with Gasteiger partial charge in [-0.05, 0) is 61.7 Å². The Bertz CT molecular complexity index is 1460. The predicted octanol–water partition coefficient (Wildman–Crippen LogP) is 8.26. The Balaban J connectivity index is 1.67. The van der Waals surface area contributed by atoms with Crippen LogP contribution in [0.15, 0.2) is 66.9 Å². The van der Waals surface area contributed by atoms with Crippen molar-refractivity contribution in [3.63, 3.8) is 0 Å². The summed E-state index contributed by atoms with van der Waals surface area (Å²) in [4.78, 5) is 18.5. The molecule has 0 saturated heterocycles. The van der Waals surface area contributed by atoms with E-state index in [0.29, 0.717) is 26.7 Å². The van der Waals surface area contributed by atoms with Gasteiger partial charge in [-0.2, -0.15) is 13.2 Å². The number of ether oxygens (including phenoxy) is 1. The van der Waals surface area contributed by atoms with Crippen molar-refractivity contribution in [2.75, 3.05) is 13.7 Å². The predicted molar refractivity (Wildman–Crippen MR) is 145 cm³/mol. The number of methoxy groups -OCH3 is 1. The first kappa shape index (κ1) is 28.0. The molecule has 0 bridgehead atoms. The van der Waals surface area contributed by atoms with E-state index in [1.807, 2.05) is 32.0 Å². The molecule has 0 unspecified atom stereocenters. The minimum Gasteiger partial charge on any atom is -0.374 e. The highest BCUT2D eigenvalue weighted by Crippen LogP contribution is 2.32. The van der Waals surface area contributed by atoms with E-state index in [-0.39, 0.29) is 25.4 Å². The van der Waals surface area contributed by atoms with Gasteiger partial charge in [0.2, 0.25) is 0 Å². The lowest BCUT2D eigenvalue weighted by Crippen LogP contribution is -2.33. The monoisotopic (exact) mass is 562 g/mol. The van der Waals surface area contributed by atoms with Crippen LogP contribution in [-0.4, -0.2) is 29.4 Å². The fourth-order valence-electron chi connectivity index (χ4n) is 4.37. The second-order valence-electron chi connectivity index (χ2n) is 9.60. The standard InChI is InChI=1S/C29H27Cl2F3N2O2/c1-28(2,38-3)24-8-7-19(14-25(24)31)17-36(12-10-18-5-4-6-21(13-18)29(32,33)34)27(37)23-16-22(30)15-20-9-11-35-26(20)23/h4-9,11,13-16,35H,10,12,17H2,1-3H3. The number of carbonyl (C=O) groups is 1. The van der Waals surface area contributed by atoms with Gasteiger partial charge in [0.1, 0.15) is 0 Å². The Hall–Kier alpha value is -3.00. The molecule has 3 aromatic carbocycles. The number of fused-ring (bicyclic) bond motifs is 1. The molecule has 0 aliphatic rings. The number of aromatic nitrogens is 1. The van der Waals surface area contributed by atoms with Crippen LogP contribution in [0.25, 0.3) is 10.9 Å². The summed E-state index contributed by atoms with van der Waals surface area (Å²) in [6.45, 7) is 4.18. The maximum Gasteiger partial charge on any atom is 0.416 e. The highest BCUT2D eigenvalue weighted by Gasteiger charge is 2.30. The average molecular weight is 563 g/mol. The van der Waals surface area contributed by atoms with Crippen LogP contribution in [0, 0.1) is 0 Å². The van der Waals surface area contributed by atoms with Crippen molar-refractivity contribution < 1.29 is 22.7 Å². The molecule has 0 saturated carbocycles. The second kappa shape index (κ2) is 11.0. The van der Waals surface area contributed by atoms with E-state index in [2.05, 4.69) is 4.98 Å². The summed E-state index contributed by atoms with van der Waals surface area (Å²) in [5, 5.41) is 1.69. The van der Waals surface area contributed by atoms with Crippen LogP contribution in [0.2, 0.25) is 10.0 Å². The van der Waals surface area contributed by atoms with Crippen LogP contribution in [0.3, 0.4) is 0 Å². The number of alkyl halides is 3. The fourth-order valence-corrected chi connectivity index (χ4v) is 5.03. The number of carbonyl (C=O) groups excluding carboxylic acids is 1. The first-order valence-electron chi connectivity index (χ1n) is 11.9. The second-order valence-corrected chi connectivity index (χ2v) is 10.4. The molecular formula is C29H27Cl2F3N2O2. The van der Waals surface area contributed by atoms with Gasteiger partial charge >= 0.3 is 6.18 Å². The van der Waals surface area contributed by atoms with Crippen molar-refractivity contribution in [2.45, 2.75) is 38.6 Å². The Morgan fingerprint density at radius 3 is 2.45 bits per heavy atom. The van der Waals surface area contributed by atoms with Crippen LogP contribution in [0.5, 0.6) is 0 Å². The van der Waals surface area contributed by atoms with Gasteiger partial charge in [-0.3, -0.25) is 4.79 Å². The number of benzene rings is 3. The van der Waals surface area contributed by atoms with Crippen molar-refractivity contribution in [2.24, 2.45) is 0 Å². The minimum absolute atomic E-state index is 0.178. The van der Waals surface area contributed by atoms with Crippen molar-refractivity contribution in [1.29, 1.82) is 0 Å². The van der Waals surface area contributed by atoms with Crippen molar-refractivity contribution in [3.8, 4) is 0 Å². The zero-order chi connectivity index (χ0) is 27.7. The molecule has 0 aliphatic heterocycles. The van der Waals surface area contributed by atoms with E-state index in [1.54, 1.807) is 42.5 Å². The zero-order valence-corrected chi connectivity index (χ0v) is 22.6. The lowest BCUT2D eigenvalue weighted by molar-refractivity contribution is -0.137. The topological polar surface area (TPSA) is 45.3 Å². The molecule has 1 aromatic heterocycles. The van der Waals surface area contributed by atoms with E-state index in [0.717, 1.165) is 28.6 Å². The van der Waals surface area contributed by atoms with E-state index >= 15 is 0 Å². The molecule has 0 spiro atoms. The number of rotatable bonds is 8. The summed E-state index contributed by atoms with van der Waals surface area (Å²) < 4.78 is 45.3. The Morgan fingerprint density at radius 2 is 1.76 bits per heavy atom. The Labute approximate surface area is 229 Å². The van der Waals surface area contributed by atoms with Gasteiger partial charge in [0.05, 0.1) is 22.2 Å². The molecular weight excluding hydrogens is 536 g/mol. The van der Waals surface area contributed by atoms with Gasteiger partial charge < -0.3 is 14.6 Å². The minimum atomic E-state index is -4.44. The third kappa shape index (κ3) is 6.17. The van der Waals surface area contributed by atoms with Crippen LogP contribution < -0.4 is 0 Å². The van der Waals surface area contributed by atoms with E-state index in [4.69, 9.17) is 27.9 Å². The Kier molecular flexibility index (Phi) is 8.12. The summed E-state index contributed by atoms with van der Waals surface area (Å²) >= 11 is 12.9. The maximum absolute atomic E-state index is 13.8. The smallest absolute Gasteiger partial charge is 0.374 e. The lowest BCUT2D eigenvalue weighted by Gasteiger charge is -2.27. The number of hydrogen-bond donors (Lipinski definition) is 1. The highest BCUT2D eigenvalue weighted by molar-refractivity contribution is 6.32. The Morgan fingerprint density at radius 1 is 1.00 bits per heavy atom. The summed E-state index contributed by atoms with van der Waals surface area (Å²) in [5.74, 6) is -0.302. The molecule has 38 heavy (non-hydrogen) atoms. The van der Waals surface area contributed by atoms with E-state index in [9.17, 15) is 18.0 Å². The average Bonchev–Trinajstić information content (AvgIpc) is 3.33. The summed E-state index contributed by atoms with van der Waals surface area (Å²) in [6.07, 6.45) is -2.49. The fraction of sp³-hybridized carbons (Fsp3) is 0.276. The van der Waals surface area contributed by atoms with Gasteiger partial charge in [0, 0.05) is 47.4 Å². The molecule has 1 heterocycles. The van der Waals surface area contributed by atoms with Crippen LogP contribution >= 0.6 is 23.2 Å². The first-order valence-corrected chi connectivity index (χ1v) is 12.7. The molecule has 1 N–H and O–H groups in total. The van der Waals surface area contributed by atoms with E-state index < -0.39 is 17.3 Å². The number of nitrogens with zero attached hydrogens (tertiary/aromatic N) is 1. The molecule has 9 heteroatoms. The van der Waals surface area contributed by atoms with Gasteiger partial charge in [0.15, 0.2) is 0 Å². The molecule has 0 aliphatic carbocycles. The molecule has 1 amide bonds. The summed E-state index contributed by atoms with van der Waals surface area (Å²) in [6, 6.07) is 15.8. The summed E-state index contributed by atoms with van der Waals surface area (Å²) in [5.41, 5.74) is 1.74. The number of hydrogen-bond acceptors (Lipinski definition) is 2. The number of nitrogens with one attached hydrogen (secondary N) is 1. The van der Waals surface area contributed by atoms with Crippen molar-refractivity contribution >= 4 is 40.0 Å². The van der Waals surface area contributed by atoms with Gasteiger partial charge in [-0.15, -0.1) is 0 Å². The normalized spacial score (nSPS) is 12.2. The number of aromatic amines is 1. The SMILES string of the molecule is COC(C)(C)c1ccc(CN(CCc2cccc(C(F)(F)F)c2)C(=O)c2cc(Cl)cc3cc[nH]c23)cc1Cl. The zero-order valence-electron chi connectivity index (χ0n) is 21.1. The highest BCUT2D eigenvalue weighted by atomic mass is 35.5. The maximum atomic E-state index is 13.8.